The van der Waals surface area contributed by atoms with Crippen LogP contribution in [0.15, 0.2) is 72.0 Å². The highest BCUT2D eigenvalue weighted by atomic mass is 16.5. The van der Waals surface area contributed by atoms with Crippen LogP contribution in [0.3, 0.4) is 0 Å². The van der Waals surface area contributed by atoms with E-state index in [0.717, 1.165) is 16.9 Å². The lowest BCUT2D eigenvalue weighted by Crippen LogP contribution is -2.30. The van der Waals surface area contributed by atoms with Crippen molar-refractivity contribution in [2.75, 3.05) is 21.3 Å². The first-order chi connectivity index (χ1) is 13.4. The van der Waals surface area contributed by atoms with Crippen LogP contribution >= 0.6 is 0 Å². The molecule has 6 heteroatoms. The summed E-state index contributed by atoms with van der Waals surface area (Å²) in [6.45, 7) is 6.24. The first-order valence-electron chi connectivity index (χ1n) is 8.73. The molecule has 0 N–H and O–H groups in total. The zero-order valence-electron chi connectivity index (χ0n) is 16.6. The number of carbonyl (C=O) groups is 2. The van der Waals surface area contributed by atoms with Crippen molar-refractivity contribution in [3.63, 3.8) is 0 Å². The van der Waals surface area contributed by atoms with Gasteiger partial charge < -0.3 is 19.1 Å². The Labute approximate surface area is 165 Å². The summed E-state index contributed by atoms with van der Waals surface area (Å²) in [5.74, 6) is -0.464. The molecule has 28 heavy (non-hydrogen) atoms. The summed E-state index contributed by atoms with van der Waals surface area (Å²) >= 11 is 0. The number of esters is 2. The topological polar surface area (TPSA) is 65.1 Å². The van der Waals surface area contributed by atoms with E-state index in [4.69, 9.17) is 14.2 Å². The van der Waals surface area contributed by atoms with Crippen molar-refractivity contribution in [1.82, 2.24) is 4.90 Å². The van der Waals surface area contributed by atoms with Gasteiger partial charge in [0.1, 0.15) is 5.75 Å². The van der Waals surface area contributed by atoms with Crippen molar-refractivity contribution >= 4 is 11.9 Å². The van der Waals surface area contributed by atoms with E-state index in [0.29, 0.717) is 6.54 Å². The maximum Gasteiger partial charge on any atom is 0.340 e. The fourth-order valence-corrected chi connectivity index (χ4v) is 2.89. The Balaban J connectivity index is 2.54. The minimum Gasteiger partial charge on any atom is -0.497 e. The highest BCUT2D eigenvalue weighted by Gasteiger charge is 2.26. The molecule has 0 aromatic heterocycles. The largest absolute Gasteiger partial charge is 0.497 e. The molecule has 1 aromatic carbocycles. The summed E-state index contributed by atoms with van der Waals surface area (Å²) in [5.41, 5.74) is 2.08. The lowest BCUT2D eigenvalue weighted by molar-refractivity contribution is -0.139. The molecule has 1 aliphatic rings. The molecule has 1 aliphatic heterocycles. The van der Waals surface area contributed by atoms with Crippen molar-refractivity contribution in [1.29, 1.82) is 0 Å². The van der Waals surface area contributed by atoms with Crippen molar-refractivity contribution in [2.45, 2.75) is 19.5 Å². The molecule has 0 radical (unpaired) electrons. The predicted octanol–water partition coefficient (Wildman–Crippen LogP) is 3.17. The molecule has 1 heterocycles. The molecule has 0 spiro atoms. The monoisotopic (exact) mass is 383 g/mol. The second kappa shape index (κ2) is 9.60. The van der Waals surface area contributed by atoms with E-state index < -0.39 is 11.9 Å². The molecule has 0 amide bonds. The number of benzene rings is 1. The van der Waals surface area contributed by atoms with Crippen LogP contribution in [0.25, 0.3) is 0 Å². The van der Waals surface area contributed by atoms with Gasteiger partial charge in [-0.3, -0.25) is 0 Å². The lowest BCUT2D eigenvalue weighted by atomic mass is 9.99. The maximum atomic E-state index is 12.4. The molecule has 1 atom stereocenters. The SMILES string of the molecule is C=CC1C=C(C)C=C(C(=O)OC)C(C(=O)OC)=CN1Cc1ccc(OC)cc1. The van der Waals surface area contributed by atoms with E-state index >= 15 is 0 Å². The molecule has 1 aromatic rings. The molecular weight excluding hydrogens is 358 g/mol. The summed E-state index contributed by atoms with van der Waals surface area (Å²) in [4.78, 5) is 26.6. The highest BCUT2D eigenvalue weighted by molar-refractivity contribution is 6.07. The summed E-state index contributed by atoms with van der Waals surface area (Å²) in [6.07, 6.45) is 6.98. The van der Waals surface area contributed by atoms with Crippen LogP contribution in [0.4, 0.5) is 0 Å². The molecule has 0 saturated carbocycles. The van der Waals surface area contributed by atoms with Gasteiger partial charge in [-0.15, -0.1) is 6.58 Å². The number of rotatable bonds is 6. The average Bonchev–Trinajstić information content (AvgIpc) is 2.71. The molecule has 6 nitrogen and oxygen atoms in total. The normalized spacial score (nSPS) is 16.6. The van der Waals surface area contributed by atoms with Crippen LogP contribution in [0, 0.1) is 0 Å². The minimum absolute atomic E-state index is 0.127. The number of hydrogen-bond donors (Lipinski definition) is 0. The van der Waals surface area contributed by atoms with Crippen LogP contribution in [-0.2, 0) is 25.6 Å². The van der Waals surface area contributed by atoms with Gasteiger partial charge in [-0.2, -0.15) is 0 Å². The Morgan fingerprint density at radius 2 is 1.68 bits per heavy atom. The summed E-state index contributed by atoms with van der Waals surface area (Å²) < 4.78 is 15.0. The zero-order valence-corrected chi connectivity index (χ0v) is 16.6. The van der Waals surface area contributed by atoms with Crippen molar-refractivity contribution in [3.8, 4) is 5.75 Å². The number of allylic oxidation sites excluding steroid dienone is 2. The second-order valence-corrected chi connectivity index (χ2v) is 6.24. The van der Waals surface area contributed by atoms with Crippen LogP contribution in [0.1, 0.15) is 12.5 Å². The average molecular weight is 383 g/mol. The van der Waals surface area contributed by atoms with Gasteiger partial charge >= 0.3 is 11.9 Å². The van der Waals surface area contributed by atoms with Gasteiger partial charge in [-0.1, -0.05) is 29.9 Å². The van der Waals surface area contributed by atoms with E-state index in [9.17, 15) is 9.59 Å². The molecule has 148 valence electrons. The number of nitrogens with zero attached hydrogens (tertiary/aromatic N) is 1. The molecular formula is C22H25NO5. The Morgan fingerprint density at radius 3 is 2.21 bits per heavy atom. The third kappa shape index (κ3) is 4.91. The van der Waals surface area contributed by atoms with E-state index in [1.165, 1.54) is 14.2 Å². The molecule has 0 fully saturated rings. The van der Waals surface area contributed by atoms with Gasteiger partial charge in [0, 0.05) is 12.7 Å². The summed E-state index contributed by atoms with van der Waals surface area (Å²) in [7, 11) is 4.16. The number of ether oxygens (including phenoxy) is 3. The minimum atomic E-state index is -0.617. The summed E-state index contributed by atoms with van der Waals surface area (Å²) in [6, 6.07) is 7.44. The summed E-state index contributed by atoms with van der Waals surface area (Å²) in [5, 5.41) is 0. The fraction of sp³-hybridized carbons (Fsp3) is 0.273. The zero-order chi connectivity index (χ0) is 20.7. The lowest BCUT2D eigenvalue weighted by Gasteiger charge is -2.29. The molecule has 0 saturated heterocycles. The fourth-order valence-electron chi connectivity index (χ4n) is 2.89. The Hall–Kier alpha value is -3.28. The van der Waals surface area contributed by atoms with E-state index in [1.807, 2.05) is 42.2 Å². The van der Waals surface area contributed by atoms with E-state index in [2.05, 4.69) is 6.58 Å². The van der Waals surface area contributed by atoms with E-state index in [-0.39, 0.29) is 17.2 Å². The van der Waals surface area contributed by atoms with Crippen LogP contribution < -0.4 is 4.74 Å². The predicted molar refractivity (Wildman–Crippen MR) is 106 cm³/mol. The van der Waals surface area contributed by atoms with Gasteiger partial charge in [0.2, 0.25) is 0 Å². The van der Waals surface area contributed by atoms with Crippen LogP contribution in [-0.4, -0.2) is 44.2 Å². The number of methoxy groups -OCH3 is 3. The van der Waals surface area contributed by atoms with Crippen LogP contribution in [0.2, 0.25) is 0 Å². The van der Waals surface area contributed by atoms with Gasteiger partial charge in [0.15, 0.2) is 0 Å². The Morgan fingerprint density at radius 1 is 1.07 bits per heavy atom. The Kier molecular flexibility index (Phi) is 7.21. The quantitative estimate of drug-likeness (QED) is 0.555. The molecule has 0 bridgehead atoms. The van der Waals surface area contributed by atoms with Gasteiger partial charge in [0.05, 0.1) is 38.5 Å². The molecule has 1 unspecified atom stereocenters. The maximum absolute atomic E-state index is 12.4. The first kappa shape index (κ1) is 21.0. The van der Waals surface area contributed by atoms with Gasteiger partial charge in [-0.05, 0) is 30.7 Å². The highest BCUT2D eigenvalue weighted by Crippen LogP contribution is 2.24. The number of hydrogen-bond acceptors (Lipinski definition) is 6. The third-order valence-corrected chi connectivity index (χ3v) is 4.35. The van der Waals surface area contributed by atoms with Crippen molar-refractivity contribution in [2.24, 2.45) is 0 Å². The van der Waals surface area contributed by atoms with Crippen molar-refractivity contribution in [3.05, 3.63) is 77.6 Å². The van der Waals surface area contributed by atoms with Gasteiger partial charge in [-0.25, -0.2) is 9.59 Å². The molecule has 0 aliphatic carbocycles. The van der Waals surface area contributed by atoms with Gasteiger partial charge in [0.25, 0.3) is 0 Å². The smallest absolute Gasteiger partial charge is 0.340 e. The second-order valence-electron chi connectivity index (χ2n) is 6.24. The standard InChI is InChI=1S/C22H25NO5/c1-6-17-11-15(2)12-19(21(24)27-4)20(22(25)28-5)14-23(17)13-16-7-9-18(26-3)10-8-16/h6-12,14,17H,1,13H2,2-5H3. The van der Waals surface area contributed by atoms with Crippen LogP contribution in [0.5, 0.6) is 5.75 Å². The Bertz CT molecular complexity index is 833. The number of carbonyl (C=O) groups excluding carboxylic acids is 2. The third-order valence-electron chi connectivity index (χ3n) is 4.35. The molecule has 2 rings (SSSR count). The van der Waals surface area contributed by atoms with Crippen molar-refractivity contribution < 1.29 is 23.8 Å². The first-order valence-corrected chi connectivity index (χ1v) is 8.73. The van der Waals surface area contributed by atoms with E-state index in [1.54, 1.807) is 25.5 Å².